The lowest BCUT2D eigenvalue weighted by molar-refractivity contribution is 0.340. The number of rotatable bonds is 4. The first-order valence-corrected chi connectivity index (χ1v) is 6.77. The quantitative estimate of drug-likeness (QED) is 0.846. The van der Waals surface area contributed by atoms with Crippen LogP contribution in [0, 0.1) is 5.92 Å². The Balaban J connectivity index is 1.86. The summed E-state index contributed by atoms with van der Waals surface area (Å²) in [5.74, 6) is 1.86. The molecule has 17 heavy (non-hydrogen) atoms. The van der Waals surface area contributed by atoms with Crippen LogP contribution in [0.1, 0.15) is 39.5 Å². The smallest absolute Gasteiger partial charge is 0.119 e. The molecule has 1 aromatic carbocycles. The van der Waals surface area contributed by atoms with Gasteiger partial charge in [-0.1, -0.05) is 6.92 Å². The molecule has 1 saturated carbocycles. The van der Waals surface area contributed by atoms with E-state index in [9.17, 15) is 0 Å². The predicted octanol–water partition coefficient (Wildman–Crippen LogP) is 4.08. The fraction of sp³-hybridized carbons (Fsp3) is 0.600. The highest BCUT2D eigenvalue weighted by molar-refractivity contribution is 5.47. The third kappa shape index (κ3) is 3.65. The molecule has 0 spiro atoms. The molecule has 0 aromatic heterocycles. The molecule has 1 aliphatic rings. The average Bonchev–Trinajstić information content (AvgIpc) is 2.35. The Morgan fingerprint density at radius 1 is 1.12 bits per heavy atom. The van der Waals surface area contributed by atoms with E-state index in [-0.39, 0.29) is 0 Å². The first-order chi connectivity index (χ1) is 8.28. The van der Waals surface area contributed by atoms with E-state index in [4.69, 9.17) is 4.74 Å². The molecule has 0 unspecified atom stereocenters. The Morgan fingerprint density at radius 2 is 1.76 bits per heavy atom. The molecule has 0 atom stereocenters. The average molecular weight is 233 g/mol. The summed E-state index contributed by atoms with van der Waals surface area (Å²) in [5.41, 5.74) is 1.22. The monoisotopic (exact) mass is 233 g/mol. The van der Waals surface area contributed by atoms with Crippen LogP contribution in [0.4, 0.5) is 5.69 Å². The number of anilines is 1. The van der Waals surface area contributed by atoms with Crippen LogP contribution >= 0.6 is 0 Å². The molecular weight excluding hydrogens is 210 g/mol. The molecule has 2 rings (SSSR count). The van der Waals surface area contributed by atoms with Gasteiger partial charge in [0.2, 0.25) is 0 Å². The van der Waals surface area contributed by atoms with Crippen LogP contribution in [-0.2, 0) is 0 Å². The lowest BCUT2D eigenvalue weighted by Gasteiger charge is -2.27. The highest BCUT2D eigenvalue weighted by atomic mass is 16.5. The molecule has 0 aliphatic heterocycles. The number of nitrogens with one attached hydrogen (secondary N) is 1. The lowest BCUT2D eigenvalue weighted by Crippen LogP contribution is -2.25. The summed E-state index contributed by atoms with van der Waals surface area (Å²) in [5, 5.41) is 3.62. The second-order valence-electron chi connectivity index (χ2n) is 5.06. The van der Waals surface area contributed by atoms with Gasteiger partial charge in [-0.25, -0.2) is 0 Å². The lowest BCUT2D eigenvalue weighted by atomic mass is 9.87. The standard InChI is InChI=1S/C15H23NO/c1-3-17-15-10-8-14(9-11-15)16-13-6-4-12(2)5-7-13/h8-13,16H,3-7H2,1-2H3. The maximum atomic E-state index is 5.44. The Bertz CT molecular complexity index is 325. The van der Waals surface area contributed by atoms with Gasteiger partial charge in [0.15, 0.2) is 0 Å². The molecule has 0 bridgehead atoms. The van der Waals surface area contributed by atoms with Crippen LogP contribution in [0.2, 0.25) is 0 Å². The van der Waals surface area contributed by atoms with Crippen molar-refractivity contribution in [3.63, 3.8) is 0 Å². The van der Waals surface area contributed by atoms with Crippen LogP contribution < -0.4 is 10.1 Å². The molecule has 94 valence electrons. The molecular formula is C15H23NO. The molecule has 0 saturated heterocycles. The molecule has 2 nitrogen and oxygen atoms in total. The van der Waals surface area contributed by atoms with E-state index in [1.165, 1.54) is 31.4 Å². The van der Waals surface area contributed by atoms with Gasteiger partial charge in [-0.05, 0) is 62.8 Å². The van der Waals surface area contributed by atoms with Crippen molar-refractivity contribution < 1.29 is 4.74 Å². The van der Waals surface area contributed by atoms with E-state index in [1.54, 1.807) is 0 Å². The minimum atomic E-state index is 0.657. The van der Waals surface area contributed by atoms with Crippen molar-refractivity contribution in [1.82, 2.24) is 0 Å². The van der Waals surface area contributed by atoms with Crippen molar-refractivity contribution in [2.24, 2.45) is 5.92 Å². The maximum Gasteiger partial charge on any atom is 0.119 e. The summed E-state index contributed by atoms with van der Waals surface area (Å²) < 4.78 is 5.44. The summed E-state index contributed by atoms with van der Waals surface area (Å²) in [6.45, 7) is 5.09. The zero-order valence-electron chi connectivity index (χ0n) is 10.9. The van der Waals surface area contributed by atoms with Gasteiger partial charge in [0.05, 0.1) is 6.61 Å². The number of ether oxygens (including phenoxy) is 1. The summed E-state index contributed by atoms with van der Waals surface area (Å²) in [6, 6.07) is 8.96. The van der Waals surface area contributed by atoms with E-state index < -0.39 is 0 Å². The van der Waals surface area contributed by atoms with E-state index in [1.807, 2.05) is 19.1 Å². The molecule has 0 radical (unpaired) electrons. The third-order valence-electron chi connectivity index (χ3n) is 3.55. The number of hydrogen-bond acceptors (Lipinski definition) is 2. The Kier molecular flexibility index (Phi) is 4.29. The van der Waals surface area contributed by atoms with E-state index in [0.717, 1.165) is 18.3 Å². The number of hydrogen-bond donors (Lipinski definition) is 1. The Hall–Kier alpha value is -1.18. The summed E-state index contributed by atoms with van der Waals surface area (Å²) >= 11 is 0. The second-order valence-corrected chi connectivity index (χ2v) is 5.06. The van der Waals surface area contributed by atoms with Gasteiger partial charge in [-0.3, -0.25) is 0 Å². The van der Waals surface area contributed by atoms with Gasteiger partial charge < -0.3 is 10.1 Å². The topological polar surface area (TPSA) is 21.3 Å². The van der Waals surface area contributed by atoms with Gasteiger partial charge >= 0.3 is 0 Å². The normalized spacial score (nSPS) is 24.4. The van der Waals surface area contributed by atoms with Gasteiger partial charge in [-0.15, -0.1) is 0 Å². The highest BCUT2D eigenvalue weighted by Crippen LogP contribution is 2.26. The van der Waals surface area contributed by atoms with Crippen LogP contribution in [0.5, 0.6) is 5.75 Å². The summed E-state index contributed by atoms with van der Waals surface area (Å²) in [6.07, 6.45) is 5.31. The van der Waals surface area contributed by atoms with E-state index >= 15 is 0 Å². The first-order valence-electron chi connectivity index (χ1n) is 6.77. The highest BCUT2D eigenvalue weighted by Gasteiger charge is 2.17. The predicted molar refractivity (Wildman–Crippen MR) is 72.7 cm³/mol. The zero-order valence-corrected chi connectivity index (χ0v) is 10.9. The maximum absolute atomic E-state index is 5.44. The van der Waals surface area contributed by atoms with Crippen molar-refractivity contribution in [2.75, 3.05) is 11.9 Å². The van der Waals surface area contributed by atoms with Crippen molar-refractivity contribution >= 4 is 5.69 Å². The fourth-order valence-electron chi connectivity index (χ4n) is 2.45. The van der Waals surface area contributed by atoms with Crippen molar-refractivity contribution in [2.45, 2.75) is 45.6 Å². The molecule has 1 fully saturated rings. The van der Waals surface area contributed by atoms with Gasteiger partial charge in [0, 0.05) is 11.7 Å². The van der Waals surface area contributed by atoms with Crippen molar-refractivity contribution in [3.8, 4) is 5.75 Å². The Labute approximate surface area is 104 Å². The first kappa shape index (κ1) is 12.3. The van der Waals surface area contributed by atoms with Crippen molar-refractivity contribution in [1.29, 1.82) is 0 Å². The minimum absolute atomic E-state index is 0.657. The largest absolute Gasteiger partial charge is 0.494 e. The molecule has 1 aliphatic carbocycles. The molecule has 2 heteroatoms. The fourth-order valence-corrected chi connectivity index (χ4v) is 2.45. The third-order valence-corrected chi connectivity index (χ3v) is 3.55. The Morgan fingerprint density at radius 3 is 2.35 bits per heavy atom. The molecule has 1 N–H and O–H groups in total. The summed E-state index contributed by atoms with van der Waals surface area (Å²) in [4.78, 5) is 0. The number of benzene rings is 1. The molecule has 0 amide bonds. The van der Waals surface area contributed by atoms with Gasteiger partial charge in [0.1, 0.15) is 5.75 Å². The van der Waals surface area contributed by atoms with E-state index in [0.29, 0.717) is 6.04 Å². The SMILES string of the molecule is CCOc1ccc(NC2CCC(C)CC2)cc1. The van der Waals surface area contributed by atoms with Crippen LogP contribution in [0.3, 0.4) is 0 Å². The van der Waals surface area contributed by atoms with Gasteiger partial charge in [-0.2, -0.15) is 0 Å². The molecule has 0 heterocycles. The van der Waals surface area contributed by atoms with E-state index in [2.05, 4.69) is 24.4 Å². The zero-order chi connectivity index (χ0) is 12.1. The summed E-state index contributed by atoms with van der Waals surface area (Å²) in [7, 11) is 0. The van der Waals surface area contributed by atoms with Crippen LogP contribution in [0.25, 0.3) is 0 Å². The van der Waals surface area contributed by atoms with Crippen LogP contribution in [0.15, 0.2) is 24.3 Å². The van der Waals surface area contributed by atoms with Crippen molar-refractivity contribution in [3.05, 3.63) is 24.3 Å². The molecule has 1 aromatic rings. The van der Waals surface area contributed by atoms with Gasteiger partial charge in [0.25, 0.3) is 0 Å². The minimum Gasteiger partial charge on any atom is -0.494 e. The second kappa shape index (κ2) is 5.95. The van der Waals surface area contributed by atoms with Crippen LogP contribution in [-0.4, -0.2) is 12.6 Å².